The van der Waals surface area contributed by atoms with Crippen molar-refractivity contribution in [2.45, 2.75) is 68.4 Å². The van der Waals surface area contributed by atoms with Crippen molar-refractivity contribution >= 4 is 17.6 Å². The highest BCUT2D eigenvalue weighted by Crippen LogP contribution is 2.60. The summed E-state index contributed by atoms with van der Waals surface area (Å²) in [6, 6.07) is 4.41. The summed E-state index contributed by atoms with van der Waals surface area (Å²) in [5, 5.41) is 13.9. The number of nitrogens with one attached hydrogen (secondary N) is 1. The second kappa shape index (κ2) is 12.6. The van der Waals surface area contributed by atoms with Crippen molar-refractivity contribution in [3.8, 4) is 0 Å². The molecule has 1 atom stereocenters. The van der Waals surface area contributed by atoms with Gasteiger partial charge >= 0.3 is 47.7 Å². The van der Waals surface area contributed by atoms with Gasteiger partial charge < -0.3 is 14.8 Å². The van der Waals surface area contributed by atoms with Gasteiger partial charge in [0.05, 0.1) is 35.7 Å². The van der Waals surface area contributed by atoms with E-state index in [9.17, 15) is 76.8 Å². The van der Waals surface area contributed by atoms with Crippen LogP contribution in [0.1, 0.15) is 38.2 Å². The van der Waals surface area contributed by atoms with E-state index >= 15 is 0 Å². The van der Waals surface area contributed by atoms with Crippen LogP contribution >= 0.6 is 0 Å². The quantitative estimate of drug-likeness (QED) is 0.0822. The Balaban J connectivity index is 2.34. The number of hydrogen-bond acceptors (Lipinski definition) is 7. The number of halogens is 13. The molecule has 8 nitrogen and oxygen atoms in total. The Morgan fingerprint density at radius 1 is 0.826 bits per heavy atom. The fourth-order valence-electron chi connectivity index (χ4n) is 4.29. The number of rotatable bonds is 12. The Morgan fingerprint density at radius 3 is 1.80 bits per heavy atom. The second-order valence-corrected chi connectivity index (χ2v) is 9.72. The lowest BCUT2D eigenvalue weighted by Gasteiger charge is -2.39. The number of carbonyl (C=O) groups excluding carboxylic acids is 2. The van der Waals surface area contributed by atoms with Crippen LogP contribution in [0.15, 0.2) is 46.8 Å². The van der Waals surface area contributed by atoms with E-state index in [0.717, 1.165) is 19.2 Å². The van der Waals surface area contributed by atoms with E-state index < -0.39 is 89.3 Å². The van der Waals surface area contributed by atoms with Crippen molar-refractivity contribution < 1.29 is 81.1 Å². The first kappa shape index (κ1) is 38.1. The van der Waals surface area contributed by atoms with E-state index in [4.69, 9.17) is 4.74 Å². The van der Waals surface area contributed by atoms with Gasteiger partial charge in [-0.1, -0.05) is 12.1 Å². The van der Waals surface area contributed by atoms with Gasteiger partial charge in [-0.3, -0.25) is 10.1 Å². The number of hydrogen-bond donors (Lipinski definition) is 1. The fourth-order valence-corrected chi connectivity index (χ4v) is 4.29. The molecule has 0 aromatic heterocycles. The number of dihydropyridines is 1. The monoisotopic (exact) mass is 692 g/mol. The van der Waals surface area contributed by atoms with Crippen LogP contribution in [0.4, 0.5) is 62.8 Å². The van der Waals surface area contributed by atoms with Crippen LogP contribution < -0.4 is 5.32 Å². The number of alkyl halides is 13. The summed E-state index contributed by atoms with van der Waals surface area (Å²) in [6.45, 7) is 1.19. The molecule has 1 heterocycles. The minimum Gasteiger partial charge on any atom is -0.466 e. The Kier molecular flexibility index (Phi) is 10.5. The standard InChI is InChI=1S/C25H21F13N2O6/c1-11-15(18(41)45-3)17(13-6-4-7-14(10-13)40(43)44)16(12(2)39-11)19(42)46-9-5-8-20(26,27)21(28,29)22(30,31)23(32,33)24(34,35)25(36,37)38/h4,6-7,10,17,39H,5,8-9H2,1-3H3/t17-/m0/s1. The summed E-state index contributed by atoms with van der Waals surface area (Å²) < 4.78 is 183. The van der Waals surface area contributed by atoms with Crippen molar-refractivity contribution in [3.63, 3.8) is 0 Å². The van der Waals surface area contributed by atoms with Gasteiger partial charge in [-0.2, -0.15) is 57.1 Å². The molecule has 0 aliphatic carbocycles. The average molecular weight is 692 g/mol. The van der Waals surface area contributed by atoms with E-state index in [1.54, 1.807) is 0 Å². The number of nitro groups is 1. The number of benzene rings is 1. The van der Waals surface area contributed by atoms with Gasteiger partial charge in [-0.05, 0) is 25.8 Å². The van der Waals surface area contributed by atoms with Gasteiger partial charge in [0.15, 0.2) is 0 Å². The molecule has 0 unspecified atom stereocenters. The molecular weight excluding hydrogens is 671 g/mol. The van der Waals surface area contributed by atoms with Crippen LogP contribution in [0.3, 0.4) is 0 Å². The molecule has 0 amide bonds. The number of allylic oxidation sites excluding steroid dienone is 2. The Bertz CT molecular complexity index is 1440. The number of esters is 2. The SMILES string of the molecule is COC(=O)C1=C(C)NC(C)=C(C(=O)OCCCC(F)(F)C(F)(F)C(F)(F)C(F)(F)C(F)(F)C(F)(F)F)[C@H]1c1cccc([N+](=O)[O-])c1. The zero-order valence-corrected chi connectivity index (χ0v) is 23.3. The predicted octanol–water partition coefficient (Wildman–Crippen LogP) is 7.06. The maximum atomic E-state index is 14.1. The van der Waals surface area contributed by atoms with E-state index in [-0.39, 0.29) is 22.5 Å². The first-order valence-corrected chi connectivity index (χ1v) is 12.3. The van der Waals surface area contributed by atoms with Crippen molar-refractivity contribution in [3.05, 3.63) is 62.5 Å². The van der Waals surface area contributed by atoms with Crippen LogP contribution in [0.5, 0.6) is 0 Å². The van der Waals surface area contributed by atoms with Crippen molar-refractivity contribution in [2.75, 3.05) is 13.7 Å². The molecule has 0 bridgehead atoms. The summed E-state index contributed by atoms with van der Waals surface area (Å²) in [5.74, 6) is -41.7. The summed E-state index contributed by atoms with van der Waals surface area (Å²) in [6.07, 6.45) is -11.7. The molecule has 46 heavy (non-hydrogen) atoms. The number of ether oxygens (including phenoxy) is 2. The maximum Gasteiger partial charge on any atom is 0.460 e. The predicted molar refractivity (Wildman–Crippen MR) is 127 cm³/mol. The molecule has 258 valence electrons. The first-order valence-electron chi connectivity index (χ1n) is 12.3. The highest BCUT2D eigenvalue weighted by atomic mass is 19.4. The Labute approximate surface area is 249 Å². The zero-order valence-electron chi connectivity index (χ0n) is 23.3. The molecule has 21 heteroatoms. The smallest absolute Gasteiger partial charge is 0.460 e. The Hall–Kier alpha value is -4.07. The average Bonchev–Trinajstić information content (AvgIpc) is 2.93. The van der Waals surface area contributed by atoms with Crippen LogP contribution in [0.25, 0.3) is 0 Å². The van der Waals surface area contributed by atoms with Crippen molar-refractivity contribution in [1.82, 2.24) is 5.32 Å². The van der Waals surface area contributed by atoms with E-state index in [2.05, 4.69) is 10.1 Å². The number of nitrogens with zero attached hydrogens (tertiary/aromatic N) is 1. The molecule has 0 saturated carbocycles. The molecule has 0 radical (unpaired) electrons. The first-order chi connectivity index (χ1) is 20.7. The zero-order chi connectivity index (χ0) is 35.8. The molecule has 2 rings (SSSR count). The normalized spacial score (nSPS) is 17.1. The molecule has 1 aromatic carbocycles. The fraction of sp³-hybridized carbons (Fsp3) is 0.520. The van der Waals surface area contributed by atoms with Crippen molar-refractivity contribution in [1.29, 1.82) is 0 Å². The lowest BCUT2D eigenvalue weighted by atomic mass is 9.80. The van der Waals surface area contributed by atoms with Crippen LogP contribution in [-0.4, -0.2) is 66.4 Å². The molecule has 1 aliphatic rings. The molecule has 0 spiro atoms. The van der Waals surface area contributed by atoms with E-state index in [0.29, 0.717) is 0 Å². The summed E-state index contributed by atoms with van der Waals surface area (Å²) in [5.41, 5.74) is -1.41. The van der Waals surface area contributed by atoms with Crippen molar-refractivity contribution in [2.24, 2.45) is 0 Å². The Morgan fingerprint density at radius 2 is 1.33 bits per heavy atom. The molecule has 1 aromatic rings. The number of methoxy groups -OCH3 is 1. The highest BCUT2D eigenvalue weighted by molar-refractivity contribution is 5.99. The van der Waals surface area contributed by atoms with Gasteiger partial charge in [0.2, 0.25) is 0 Å². The third kappa shape index (κ3) is 6.44. The molecular formula is C25H21F13N2O6. The summed E-state index contributed by atoms with van der Waals surface area (Å²) >= 11 is 0. The number of carbonyl (C=O) groups is 2. The number of non-ortho nitro benzene ring substituents is 1. The molecule has 0 fully saturated rings. The largest absolute Gasteiger partial charge is 0.466 e. The molecule has 1 N–H and O–H groups in total. The lowest BCUT2D eigenvalue weighted by Crippen LogP contribution is -2.70. The summed E-state index contributed by atoms with van der Waals surface area (Å²) in [7, 11) is 0.940. The van der Waals surface area contributed by atoms with Crippen LogP contribution in [-0.2, 0) is 19.1 Å². The van der Waals surface area contributed by atoms with Gasteiger partial charge in [0.1, 0.15) is 0 Å². The van der Waals surface area contributed by atoms with E-state index in [1.165, 1.54) is 26.0 Å². The van der Waals surface area contributed by atoms with Gasteiger partial charge in [-0.15, -0.1) is 0 Å². The second-order valence-electron chi connectivity index (χ2n) is 9.72. The van der Waals surface area contributed by atoms with Gasteiger partial charge in [0.25, 0.3) is 5.69 Å². The third-order valence-electron chi connectivity index (χ3n) is 6.67. The lowest BCUT2D eigenvalue weighted by molar-refractivity contribution is -0.440. The summed E-state index contributed by atoms with van der Waals surface area (Å²) in [4.78, 5) is 36.1. The van der Waals surface area contributed by atoms with Gasteiger partial charge in [-0.25, -0.2) is 9.59 Å². The minimum absolute atomic E-state index is 0.0770. The van der Waals surface area contributed by atoms with Crippen LogP contribution in [0, 0.1) is 10.1 Å². The number of nitro benzene ring substituents is 1. The third-order valence-corrected chi connectivity index (χ3v) is 6.67. The maximum absolute atomic E-state index is 14.1. The van der Waals surface area contributed by atoms with Gasteiger partial charge in [0, 0.05) is 29.9 Å². The topological polar surface area (TPSA) is 108 Å². The van der Waals surface area contributed by atoms with Crippen LogP contribution in [0.2, 0.25) is 0 Å². The highest BCUT2D eigenvalue weighted by Gasteiger charge is 2.90. The minimum atomic E-state index is -8.04. The molecule has 0 saturated heterocycles. The molecule has 1 aliphatic heterocycles. The van der Waals surface area contributed by atoms with E-state index in [1.807, 2.05) is 0 Å².